The summed E-state index contributed by atoms with van der Waals surface area (Å²) in [5, 5.41) is 3.78. The molecule has 0 saturated carbocycles. The molecule has 0 spiro atoms. The summed E-state index contributed by atoms with van der Waals surface area (Å²) in [5.74, 6) is 1.43. The zero-order valence-corrected chi connectivity index (χ0v) is 20.9. The molecule has 8 nitrogen and oxygen atoms in total. The molecule has 0 aliphatic heterocycles. The first-order valence-electron chi connectivity index (χ1n) is 10.7. The highest BCUT2D eigenvalue weighted by atomic mass is 32.2. The number of ether oxygens (including phenoxy) is 1. The number of rotatable bonds is 8. The molecule has 0 fully saturated rings. The number of fused-ring (bicyclic) bond motifs is 1. The van der Waals surface area contributed by atoms with Crippen LogP contribution in [-0.4, -0.2) is 49.1 Å². The Morgan fingerprint density at radius 1 is 1.14 bits per heavy atom. The van der Waals surface area contributed by atoms with Gasteiger partial charge in [0.2, 0.25) is 10.0 Å². The molecule has 0 radical (unpaired) electrons. The SMILES string of the molecule is Cc1nc(N[C@H](C)c2cc(N)cc(C(F)(F)F)c2)c2cc(OCCN(C)S(C)(=O)=O)c(C)cc2n1. The number of anilines is 2. The van der Waals surface area contributed by atoms with E-state index in [1.807, 2.05) is 13.0 Å². The third-order valence-corrected chi connectivity index (χ3v) is 6.81. The van der Waals surface area contributed by atoms with E-state index in [2.05, 4.69) is 15.3 Å². The van der Waals surface area contributed by atoms with E-state index < -0.39 is 27.8 Å². The first-order valence-corrected chi connectivity index (χ1v) is 12.6. The van der Waals surface area contributed by atoms with Crippen LogP contribution in [0.1, 0.15) is 35.5 Å². The van der Waals surface area contributed by atoms with E-state index in [4.69, 9.17) is 10.5 Å². The summed E-state index contributed by atoms with van der Waals surface area (Å²) in [6.45, 7) is 5.57. The molecule has 3 N–H and O–H groups in total. The van der Waals surface area contributed by atoms with Gasteiger partial charge in [-0.2, -0.15) is 13.2 Å². The Kier molecular flexibility index (Phi) is 7.46. The molecule has 1 aromatic heterocycles. The summed E-state index contributed by atoms with van der Waals surface area (Å²) in [6.07, 6.45) is -3.40. The van der Waals surface area contributed by atoms with Crippen molar-refractivity contribution >= 4 is 32.4 Å². The van der Waals surface area contributed by atoms with Gasteiger partial charge in [-0.3, -0.25) is 0 Å². The minimum atomic E-state index is -4.52. The Bertz CT molecular complexity index is 1350. The van der Waals surface area contributed by atoms with Crippen LogP contribution in [0.15, 0.2) is 30.3 Å². The fourth-order valence-electron chi connectivity index (χ4n) is 3.47. The number of nitrogens with one attached hydrogen (secondary N) is 1. The number of aromatic nitrogens is 2. The molecule has 3 rings (SSSR count). The highest BCUT2D eigenvalue weighted by Gasteiger charge is 2.31. The molecule has 190 valence electrons. The van der Waals surface area contributed by atoms with Crippen LogP contribution in [0, 0.1) is 13.8 Å². The normalized spacial score (nSPS) is 13.3. The number of nitrogens with zero attached hydrogens (tertiary/aromatic N) is 3. The lowest BCUT2D eigenvalue weighted by Crippen LogP contribution is -2.29. The summed E-state index contributed by atoms with van der Waals surface area (Å²) >= 11 is 0. The number of benzene rings is 2. The lowest BCUT2D eigenvalue weighted by atomic mass is 10.0. The van der Waals surface area contributed by atoms with E-state index in [9.17, 15) is 21.6 Å². The Balaban J connectivity index is 1.92. The second kappa shape index (κ2) is 9.86. The Morgan fingerprint density at radius 3 is 2.46 bits per heavy atom. The Labute approximate surface area is 202 Å². The molecule has 2 aromatic carbocycles. The van der Waals surface area contributed by atoms with E-state index in [0.29, 0.717) is 33.9 Å². The molecule has 0 saturated heterocycles. The van der Waals surface area contributed by atoms with E-state index in [1.165, 1.54) is 17.4 Å². The predicted molar refractivity (Wildman–Crippen MR) is 130 cm³/mol. The third kappa shape index (κ3) is 6.51. The van der Waals surface area contributed by atoms with E-state index in [0.717, 1.165) is 24.0 Å². The van der Waals surface area contributed by atoms with Crippen molar-refractivity contribution in [2.45, 2.75) is 33.0 Å². The van der Waals surface area contributed by atoms with Crippen molar-refractivity contribution in [3.05, 3.63) is 52.8 Å². The van der Waals surface area contributed by atoms with Crippen molar-refractivity contribution in [2.75, 3.05) is 37.5 Å². The maximum Gasteiger partial charge on any atom is 0.416 e. The number of halogens is 3. The highest BCUT2D eigenvalue weighted by Crippen LogP contribution is 2.34. The van der Waals surface area contributed by atoms with Gasteiger partial charge in [-0.1, -0.05) is 0 Å². The molecule has 1 heterocycles. The fraction of sp³-hybridized carbons (Fsp3) is 0.391. The summed E-state index contributed by atoms with van der Waals surface area (Å²) in [4.78, 5) is 8.91. The number of hydrogen-bond donors (Lipinski definition) is 2. The maximum absolute atomic E-state index is 13.3. The minimum Gasteiger partial charge on any atom is -0.492 e. The number of nitrogens with two attached hydrogens (primary N) is 1. The maximum atomic E-state index is 13.3. The molecule has 1 atom stereocenters. The number of likely N-dealkylation sites (N-methyl/N-ethyl adjacent to an activating group) is 1. The standard InChI is InChI=1S/C23H28F3N5O3S/c1-13-8-20-19(12-21(13)34-7-6-31(4)35(5,32)33)22(30-15(3)29-20)28-14(2)16-9-17(23(24,25)26)11-18(27)10-16/h8-12,14H,6-7,27H2,1-5H3,(H,28,29,30)/t14-/m1/s1. The van der Waals surface area contributed by atoms with Crippen molar-refractivity contribution in [3.63, 3.8) is 0 Å². The lowest BCUT2D eigenvalue weighted by Gasteiger charge is -2.20. The van der Waals surface area contributed by atoms with Gasteiger partial charge in [0, 0.05) is 24.7 Å². The summed E-state index contributed by atoms with van der Waals surface area (Å²) in [7, 11) is -1.86. The van der Waals surface area contributed by atoms with Gasteiger partial charge < -0.3 is 15.8 Å². The molecular weight excluding hydrogens is 483 g/mol. The number of alkyl halides is 3. The van der Waals surface area contributed by atoms with Gasteiger partial charge in [-0.05, 0) is 62.2 Å². The number of hydrogen-bond acceptors (Lipinski definition) is 7. The molecule has 0 aliphatic carbocycles. The van der Waals surface area contributed by atoms with Crippen molar-refractivity contribution < 1.29 is 26.3 Å². The number of aryl methyl sites for hydroxylation is 2. The third-order valence-electron chi connectivity index (χ3n) is 5.49. The average Bonchev–Trinajstić information content (AvgIpc) is 2.72. The van der Waals surface area contributed by atoms with Crippen LogP contribution in [0.2, 0.25) is 0 Å². The van der Waals surface area contributed by atoms with Crippen molar-refractivity contribution in [3.8, 4) is 5.75 Å². The molecule has 0 unspecified atom stereocenters. The summed E-state index contributed by atoms with van der Waals surface area (Å²) in [5.41, 5.74) is 6.69. The van der Waals surface area contributed by atoms with Gasteiger partial charge >= 0.3 is 6.18 Å². The first-order chi connectivity index (χ1) is 16.1. The van der Waals surface area contributed by atoms with Gasteiger partial charge in [0.1, 0.15) is 24.0 Å². The zero-order valence-electron chi connectivity index (χ0n) is 20.1. The molecule has 0 bridgehead atoms. The van der Waals surface area contributed by atoms with Crippen LogP contribution in [-0.2, 0) is 16.2 Å². The molecular formula is C23H28F3N5O3S. The van der Waals surface area contributed by atoms with Crippen LogP contribution < -0.4 is 15.8 Å². The minimum absolute atomic E-state index is 0.0116. The van der Waals surface area contributed by atoms with Gasteiger partial charge in [0.25, 0.3) is 0 Å². The van der Waals surface area contributed by atoms with Crippen LogP contribution in [0.5, 0.6) is 5.75 Å². The molecule has 0 aliphatic rings. The fourth-order valence-corrected chi connectivity index (χ4v) is 3.88. The Morgan fingerprint density at radius 2 is 1.83 bits per heavy atom. The largest absolute Gasteiger partial charge is 0.492 e. The summed E-state index contributed by atoms with van der Waals surface area (Å²) < 4.78 is 69.9. The highest BCUT2D eigenvalue weighted by molar-refractivity contribution is 7.88. The monoisotopic (exact) mass is 511 g/mol. The summed E-state index contributed by atoms with van der Waals surface area (Å²) in [6, 6.07) is 6.44. The molecule has 0 amide bonds. The zero-order chi connectivity index (χ0) is 26.1. The van der Waals surface area contributed by atoms with Gasteiger partial charge in [-0.25, -0.2) is 22.7 Å². The smallest absolute Gasteiger partial charge is 0.416 e. The average molecular weight is 512 g/mol. The van der Waals surface area contributed by atoms with Gasteiger partial charge in [-0.15, -0.1) is 0 Å². The van der Waals surface area contributed by atoms with Crippen LogP contribution in [0.25, 0.3) is 10.9 Å². The molecule has 12 heteroatoms. The predicted octanol–water partition coefficient (Wildman–Crippen LogP) is 4.29. The first kappa shape index (κ1) is 26.5. The topological polar surface area (TPSA) is 110 Å². The lowest BCUT2D eigenvalue weighted by molar-refractivity contribution is -0.137. The quantitative estimate of drug-likeness (QED) is 0.434. The molecule has 3 aromatic rings. The van der Waals surface area contributed by atoms with Crippen LogP contribution >= 0.6 is 0 Å². The van der Waals surface area contributed by atoms with E-state index >= 15 is 0 Å². The van der Waals surface area contributed by atoms with Crippen molar-refractivity contribution in [1.82, 2.24) is 14.3 Å². The van der Waals surface area contributed by atoms with Crippen LogP contribution in [0.3, 0.4) is 0 Å². The second-order valence-corrected chi connectivity index (χ2v) is 10.5. The van der Waals surface area contributed by atoms with Crippen molar-refractivity contribution in [2.24, 2.45) is 0 Å². The number of sulfonamides is 1. The van der Waals surface area contributed by atoms with E-state index in [1.54, 1.807) is 19.9 Å². The van der Waals surface area contributed by atoms with Gasteiger partial charge in [0.05, 0.1) is 23.4 Å². The second-order valence-electron chi connectivity index (χ2n) is 8.44. The van der Waals surface area contributed by atoms with Crippen molar-refractivity contribution in [1.29, 1.82) is 0 Å². The van der Waals surface area contributed by atoms with E-state index in [-0.39, 0.29) is 18.8 Å². The number of nitrogen functional groups attached to an aromatic ring is 1. The Hall–Kier alpha value is -3.12. The van der Waals surface area contributed by atoms with Crippen LogP contribution in [0.4, 0.5) is 24.7 Å². The van der Waals surface area contributed by atoms with Gasteiger partial charge in [0.15, 0.2) is 0 Å². The molecule has 35 heavy (non-hydrogen) atoms.